The zero-order valence-corrected chi connectivity index (χ0v) is 18.4. The van der Waals surface area contributed by atoms with Crippen LogP contribution in [0.3, 0.4) is 0 Å². The summed E-state index contributed by atoms with van der Waals surface area (Å²) < 4.78 is 20.0. The molecule has 2 heterocycles. The van der Waals surface area contributed by atoms with Gasteiger partial charge in [-0.15, -0.1) is 0 Å². The van der Waals surface area contributed by atoms with Crippen LogP contribution in [0.2, 0.25) is 0 Å². The van der Waals surface area contributed by atoms with Gasteiger partial charge in [-0.25, -0.2) is 0 Å². The fraction of sp³-hybridized carbons (Fsp3) is 0.571. The molecule has 0 N–H and O–H groups in total. The van der Waals surface area contributed by atoms with Crippen LogP contribution in [-0.2, 0) is 25.4 Å². The van der Waals surface area contributed by atoms with Crippen molar-refractivity contribution >= 4 is 0 Å². The molecule has 4 unspecified atom stereocenters. The van der Waals surface area contributed by atoms with Crippen molar-refractivity contribution in [2.45, 2.75) is 74.8 Å². The first-order chi connectivity index (χ1) is 15.3. The second-order valence-corrected chi connectivity index (χ2v) is 10.0. The standard InChI is InChI=1S/C28H34O3/c1-3-11-21(12-4-1)27(25-19-29-25,23-15-7-8-16-23)31-28(26-20-30-26,24-17-9-10-18-24)22-13-5-2-6-14-22/h1-6,11-14,23-26H,7-10,15-20H2. The zero-order chi connectivity index (χ0) is 20.7. The molecule has 2 saturated carbocycles. The van der Waals surface area contributed by atoms with Gasteiger partial charge < -0.3 is 14.2 Å². The van der Waals surface area contributed by atoms with E-state index in [1.54, 1.807) is 0 Å². The van der Waals surface area contributed by atoms with E-state index in [0.29, 0.717) is 11.8 Å². The largest absolute Gasteiger partial charge is 0.370 e. The van der Waals surface area contributed by atoms with Crippen LogP contribution in [0.4, 0.5) is 0 Å². The zero-order valence-electron chi connectivity index (χ0n) is 18.4. The third kappa shape index (κ3) is 3.37. The Morgan fingerprint density at radius 2 is 0.935 bits per heavy atom. The van der Waals surface area contributed by atoms with Crippen molar-refractivity contribution in [3.63, 3.8) is 0 Å². The molecule has 2 saturated heterocycles. The Kier molecular flexibility index (Phi) is 5.17. The summed E-state index contributed by atoms with van der Waals surface area (Å²) in [4.78, 5) is 0. The lowest BCUT2D eigenvalue weighted by atomic mass is 9.72. The Hall–Kier alpha value is -1.68. The third-order valence-corrected chi connectivity index (χ3v) is 8.33. The van der Waals surface area contributed by atoms with Crippen molar-refractivity contribution in [3.05, 3.63) is 71.8 Å². The summed E-state index contributed by atoms with van der Waals surface area (Å²) >= 11 is 0. The monoisotopic (exact) mass is 418 g/mol. The Bertz CT molecular complexity index is 790. The van der Waals surface area contributed by atoms with Crippen molar-refractivity contribution in [2.75, 3.05) is 13.2 Å². The topological polar surface area (TPSA) is 34.3 Å². The summed E-state index contributed by atoms with van der Waals surface area (Å²) in [5.74, 6) is 0.983. The molecule has 164 valence electrons. The fourth-order valence-electron chi connectivity index (χ4n) is 6.76. The molecule has 2 aliphatic carbocycles. The molecular weight excluding hydrogens is 384 g/mol. The van der Waals surface area contributed by atoms with Crippen LogP contribution in [0.25, 0.3) is 0 Å². The van der Waals surface area contributed by atoms with E-state index in [9.17, 15) is 0 Å². The molecule has 4 atom stereocenters. The van der Waals surface area contributed by atoms with Crippen molar-refractivity contribution in [3.8, 4) is 0 Å². The minimum atomic E-state index is -0.401. The average Bonchev–Trinajstić information content (AvgIpc) is 3.74. The van der Waals surface area contributed by atoms with Crippen LogP contribution < -0.4 is 0 Å². The van der Waals surface area contributed by atoms with Crippen LogP contribution >= 0.6 is 0 Å². The highest BCUT2D eigenvalue weighted by Crippen LogP contribution is 2.58. The van der Waals surface area contributed by atoms with Gasteiger partial charge in [-0.2, -0.15) is 0 Å². The predicted octanol–water partition coefficient (Wildman–Crippen LogP) is 5.97. The van der Waals surface area contributed by atoms with Gasteiger partial charge in [0.2, 0.25) is 0 Å². The number of rotatable bonds is 8. The maximum Gasteiger partial charge on any atom is 0.126 e. The Labute approximate surface area is 186 Å². The minimum Gasteiger partial charge on any atom is -0.370 e. The summed E-state index contributed by atoms with van der Waals surface area (Å²) in [5.41, 5.74) is 1.79. The number of hydrogen-bond donors (Lipinski definition) is 0. The van der Waals surface area contributed by atoms with Gasteiger partial charge in [-0.05, 0) is 48.6 Å². The maximum atomic E-state index is 7.76. The number of benzene rings is 2. The van der Waals surface area contributed by atoms with Crippen LogP contribution in [0.5, 0.6) is 0 Å². The number of ether oxygens (including phenoxy) is 3. The van der Waals surface area contributed by atoms with Gasteiger partial charge in [0.15, 0.2) is 0 Å². The summed E-state index contributed by atoms with van der Waals surface area (Å²) in [7, 11) is 0. The van der Waals surface area contributed by atoms with Crippen molar-refractivity contribution in [1.82, 2.24) is 0 Å². The average molecular weight is 419 g/mol. The first-order valence-corrected chi connectivity index (χ1v) is 12.4. The second kappa shape index (κ2) is 8.03. The lowest BCUT2D eigenvalue weighted by molar-refractivity contribution is -0.233. The van der Waals surface area contributed by atoms with E-state index >= 15 is 0 Å². The molecule has 2 aromatic carbocycles. The van der Waals surface area contributed by atoms with E-state index in [-0.39, 0.29) is 12.2 Å². The Morgan fingerprint density at radius 1 is 0.581 bits per heavy atom. The molecule has 2 aliphatic heterocycles. The van der Waals surface area contributed by atoms with E-state index in [4.69, 9.17) is 14.2 Å². The van der Waals surface area contributed by atoms with E-state index < -0.39 is 11.2 Å². The molecule has 4 aliphatic rings. The predicted molar refractivity (Wildman–Crippen MR) is 121 cm³/mol. The molecule has 0 aromatic heterocycles. The first-order valence-electron chi connectivity index (χ1n) is 12.4. The Morgan fingerprint density at radius 3 is 1.26 bits per heavy atom. The lowest BCUT2D eigenvalue weighted by Crippen LogP contribution is -2.54. The lowest BCUT2D eigenvalue weighted by Gasteiger charge is -2.49. The highest BCUT2D eigenvalue weighted by molar-refractivity contribution is 5.32. The van der Waals surface area contributed by atoms with Gasteiger partial charge in [0.1, 0.15) is 23.4 Å². The fourth-order valence-corrected chi connectivity index (χ4v) is 6.76. The highest BCUT2D eigenvalue weighted by atomic mass is 16.6. The van der Waals surface area contributed by atoms with Crippen molar-refractivity contribution in [1.29, 1.82) is 0 Å². The Balaban J connectivity index is 1.53. The molecular formula is C28H34O3. The highest BCUT2D eigenvalue weighted by Gasteiger charge is 2.64. The number of hydrogen-bond acceptors (Lipinski definition) is 3. The van der Waals surface area contributed by atoms with Crippen molar-refractivity contribution in [2.24, 2.45) is 11.8 Å². The molecule has 3 nitrogen and oxygen atoms in total. The van der Waals surface area contributed by atoms with Crippen LogP contribution in [0.15, 0.2) is 60.7 Å². The smallest absolute Gasteiger partial charge is 0.126 e. The van der Waals surface area contributed by atoms with Crippen LogP contribution in [0, 0.1) is 11.8 Å². The normalized spacial score (nSPS) is 30.1. The summed E-state index contributed by atoms with van der Waals surface area (Å²) in [5, 5.41) is 0. The van der Waals surface area contributed by atoms with Gasteiger partial charge in [0.05, 0.1) is 13.2 Å². The molecule has 6 rings (SSSR count). The second-order valence-electron chi connectivity index (χ2n) is 10.0. The molecule has 3 heteroatoms. The summed E-state index contributed by atoms with van der Waals surface area (Å²) in [6.45, 7) is 1.60. The number of epoxide rings is 2. The van der Waals surface area contributed by atoms with Crippen LogP contribution in [0.1, 0.15) is 62.5 Å². The van der Waals surface area contributed by atoms with Gasteiger partial charge >= 0.3 is 0 Å². The molecule has 4 fully saturated rings. The van der Waals surface area contributed by atoms with E-state index in [1.165, 1.54) is 62.5 Å². The molecule has 0 radical (unpaired) electrons. The molecule has 0 bridgehead atoms. The van der Waals surface area contributed by atoms with Crippen molar-refractivity contribution < 1.29 is 14.2 Å². The third-order valence-electron chi connectivity index (χ3n) is 8.33. The van der Waals surface area contributed by atoms with E-state index in [0.717, 1.165) is 13.2 Å². The van der Waals surface area contributed by atoms with E-state index in [1.807, 2.05) is 0 Å². The van der Waals surface area contributed by atoms with Gasteiger partial charge in [-0.1, -0.05) is 86.3 Å². The molecule has 0 spiro atoms. The van der Waals surface area contributed by atoms with E-state index in [2.05, 4.69) is 60.7 Å². The molecule has 2 aromatic rings. The van der Waals surface area contributed by atoms with Crippen LogP contribution in [-0.4, -0.2) is 25.4 Å². The summed E-state index contributed by atoms with van der Waals surface area (Å²) in [6, 6.07) is 22.0. The van der Waals surface area contributed by atoms with Gasteiger partial charge in [-0.3, -0.25) is 0 Å². The van der Waals surface area contributed by atoms with Gasteiger partial charge in [0.25, 0.3) is 0 Å². The molecule has 0 amide bonds. The first kappa shape index (κ1) is 20.0. The van der Waals surface area contributed by atoms with Gasteiger partial charge in [0, 0.05) is 0 Å². The SMILES string of the molecule is c1ccc(C(OC(c2ccccc2)(C2CCCC2)C2CO2)(C2CCCC2)C2CO2)cc1. The molecule has 31 heavy (non-hydrogen) atoms. The summed E-state index contributed by atoms with van der Waals surface area (Å²) in [6.07, 6.45) is 10.3. The maximum absolute atomic E-state index is 7.76. The quantitative estimate of drug-likeness (QED) is 0.495. The minimum absolute atomic E-state index is 0.140.